The maximum Gasteiger partial charge on any atom is 0.253 e. The van der Waals surface area contributed by atoms with Gasteiger partial charge in [0.15, 0.2) is 5.96 Å². The minimum Gasteiger partial charge on any atom is -0.370 e. The van der Waals surface area contributed by atoms with Crippen LogP contribution >= 0.6 is 24.0 Å². The van der Waals surface area contributed by atoms with Crippen LogP contribution in [0, 0.1) is 6.92 Å². The molecule has 0 aliphatic carbocycles. The summed E-state index contributed by atoms with van der Waals surface area (Å²) in [6.07, 6.45) is 0.0409. The number of nitrogens with zero attached hydrogens (tertiary/aromatic N) is 3. The van der Waals surface area contributed by atoms with Crippen molar-refractivity contribution >= 4 is 35.8 Å². The van der Waals surface area contributed by atoms with Gasteiger partial charge in [0.05, 0.1) is 19.7 Å². The van der Waals surface area contributed by atoms with E-state index >= 15 is 0 Å². The fraction of sp³-hybridized carbons (Fsp3) is 0.462. The van der Waals surface area contributed by atoms with Crippen LogP contribution in [-0.2, 0) is 11.3 Å². The van der Waals surface area contributed by atoms with Crippen LogP contribution < -0.4 is 5.32 Å². The molecule has 1 aliphatic rings. The topological polar surface area (TPSA) is 57.2 Å². The van der Waals surface area contributed by atoms with Gasteiger partial charge < -0.3 is 19.9 Å². The number of rotatable bonds is 7. The highest BCUT2D eigenvalue weighted by Crippen LogP contribution is 2.25. The van der Waals surface area contributed by atoms with Gasteiger partial charge >= 0.3 is 0 Å². The Kier molecular flexibility index (Phi) is 11.1. The van der Waals surface area contributed by atoms with E-state index in [2.05, 4.69) is 48.3 Å². The van der Waals surface area contributed by atoms with Crippen molar-refractivity contribution in [2.24, 2.45) is 4.99 Å². The van der Waals surface area contributed by atoms with Gasteiger partial charge in [-0.2, -0.15) is 0 Å². The first-order valence-corrected chi connectivity index (χ1v) is 11.7. The summed E-state index contributed by atoms with van der Waals surface area (Å²) in [5, 5.41) is 3.43. The van der Waals surface area contributed by atoms with Crippen molar-refractivity contribution in [3.8, 4) is 0 Å². The summed E-state index contributed by atoms with van der Waals surface area (Å²) in [6.45, 7) is 13.3. The number of nitrogens with one attached hydrogen (secondary N) is 1. The summed E-state index contributed by atoms with van der Waals surface area (Å²) in [4.78, 5) is 21.5. The normalized spacial score (nSPS) is 16.2. The number of ether oxygens (including phenoxy) is 1. The molecule has 0 aromatic heterocycles. The summed E-state index contributed by atoms with van der Waals surface area (Å²) >= 11 is 0. The molecular weight excluding hydrogens is 527 g/mol. The van der Waals surface area contributed by atoms with E-state index in [1.54, 1.807) is 0 Å². The minimum absolute atomic E-state index is 0. The second kappa shape index (κ2) is 13.5. The Morgan fingerprint density at radius 3 is 2.45 bits per heavy atom. The number of morpholine rings is 1. The number of guanidine groups is 1. The standard InChI is InChI=1S/C26H36N4O2.HI/c1-5-27-26(30-16-17-32-24(19-30)23-11-9-8-10-20(23)4)28-18-21-12-14-22(15-13-21)25(31)29(6-2)7-3;/h8-15,24H,5-7,16-19H2,1-4H3,(H,27,28);1H. The van der Waals surface area contributed by atoms with Crippen LogP contribution in [0.2, 0.25) is 0 Å². The molecule has 6 nitrogen and oxygen atoms in total. The van der Waals surface area contributed by atoms with Gasteiger partial charge in [-0.15, -0.1) is 24.0 Å². The number of carbonyl (C=O) groups is 1. The highest BCUT2D eigenvalue weighted by molar-refractivity contribution is 14.0. The van der Waals surface area contributed by atoms with Gasteiger partial charge in [0.2, 0.25) is 0 Å². The number of hydrogen-bond donors (Lipinski definition) is 1. The fourth-order valence-electron chi connectivity index (χ4n) is 4.02. The molecule has 33 heavy (non-hydrogen) atoms. The Hall–Kier alpha value is -2.13. The molecule has 7 heteroatoms. The predicted molar refractivity (Wildman–Crippen MR) is 145 cm³/mol. The number of hydrogen-bond acceptors (Lipinski definition) is 3. The van der Waals surface area contributed by atoms with E-state index in [0.717, 1.165) is 49.8 Å². The van der Waals surface area contributed by atoms with Crippen LogP contribution in [0.15, 0.2) is 53.5 Å². The van der Waals surface area contributed by atoms with Crippen LogP contribution in [0.5, 0.6) is 0 Å². The third-order valence-corrected chi connectivity index (χ3v) is 5.90. The van der Waals surface area contributed by atoms with Crippen LogP contribution in [0.1, 0.15) is 53.9 Å². The third-order valence-electron chi connectivity index (χ3n) is 5.90. The number of aryl methyl sites for hydroxylation is 1. The zero-order valence-electron chi connectivity index (χ0n) is 20.2. The van der Waals surface area contributed by atoms with Crippen molar-refractivity contribution in [1.29, 1.82) is 0 Å². The Bertz CT molecular complexity index is 913. The Morgan fingerprint density at radius 1 is 1.12 bits per heavy atom. The zero-order chi connectivity index (χ0) is 22.9. The maximum atomic E-state index is 12.5. The first kappa shape index (κ1) is 27.1. The molecular formula is C26H37IN4O2. The lowest BCUT2D eigenvalue weighted by Gasteiger charge is -2.35. The molecule has 1 fully saturated rings. The number of halogens is 1. The molecule has 1 N–H and O–H groups in total. The van der Waals surface area contributed by atoms with Crippen molar-refractivity contribution in [2.45, 2.75) is 40.3 Å². The number of carbonyl (C=O) groups excluding carboxylic acids is 1. The molecule has 0 saturated carbocycles. The number of amides is 1. The predicted octanol–water partition coefficient (Wildman–Crippen LogP) is 4.63. The van der Waals surface area contributed by atoms with Crippen LogP contribution in [0.3, 0.4) is 0 Å². The van der Waals surface area contributed by atoms with Gasteiger partial charge in [-0.25, -0.2) is 4.99 Å². The maximum absolute atomic E-state index is 12.5. The molecule has 1 amide bonds. The van der Waals surface area contributed by atoms with Gasteiger partial charge in [0.1, 0.15) is 6.10 Å². The lowest BCUT2D eigenvalue weighted by atomic mass is 10.0. The summed E-state index contributed by atoms with van der Waals surface area (Å²) in [6, 6.07) is 16.2. The summed E-state index contributed by atoms with van der Waals surface area (Å²) in [5.41, 5.74) is 4.30. The minimum atomic E-state index is 0. The van der Waals surface area contributed by atoms with E-state index in [1.807, 2.05) is 43.0 Å². The van der Waals surface area contributed by atoms with Crippen LogP contribution in [-0.4, -0.2) is 61.0 Å². The molecule has 1 saturated heterocycles. The molecule has 0 spiro atoms. The Balaban J connectivity index is 0.00000385. The molecule has 1 aliphatic heterocycles. The highest BCUT2D eigenvalue weighted by atomic mass is 127. The quantitative estimate of drug-likeness (QED) is 0.303. The lowest BCUT2D eigenvalue weighted by Crippen LogP contribution is -2.48. The smallest absolute Gasteiger partial charge is 0.253 e. The second-order valence-corrected chi connectivity index (χ2v) is 8.01. The number of aliphatic imine (C=N–C) groups is 1. The van der Waals surface area contributed by atoms with E-state index in [1.165, 1.54) is 11.1 Å². The van der Waals surface area contributed by atoms with E-state index in [4.69, 9.17) is 9.73 Å². The van der Waals surface area contributed by atoms with Crippen LogP contribution in [0.25, 0.3) is 0 Å². The molecule has 2 aromatic rings. The van der Waals surface area contributed by atoms with Crippen molar-refractivity contribution < 1.29 is 9.53 Å². The molecule has 2 aromatic carbocycles. The van der Waals surface area contributed by atoms with E-state index in [-0.39, 0.29) is 36.0 Å². The van der Waals surface area contributed by atoms with Gasteiger partial charge in [0.25, 0.3) is 5.91 Å². The van der Waals surface area contributed by atoms with E-state index < -0.39 is 0 Å². The molecule has 180 valence electrons. The summed E-state index contributed by atoms with van der Waals surface area (Å²) < 4.78 is 6.08. The van der Waals surface area contributed by atoms with Crippen molar-refractivity contribution in [2.75, 3.05) is 39.3 Å². The van der Waals surface area contributed by atoms with Crippen molar-refractivity contribution in [3.05, 3.63) is 70.8 Å². The molecule has 3 rings (SSSR count). The van der Waals surface area contributed by atoms with Gasteiger partial charge in [0, 0.05) is 31.7 Å². The van der Waals surface area contributed by atoms with E-state index in [0.29, 0.717) is 13.2 Å². The SMILES string of the molecule is CCNC(=NCc1ccc(C(=O)N(CC)CC)cc1)N1CCOC(c2ccccc2C)C1.I. The highest BCUT2D eigenvalue weighted by Gasteiger charge is 2.25. The Labute approximate surface area is 215 Å². The average molecular weight is 565 g/mol. The van der Waals surface area contributed by atoms with Gasteiger partial charge in [-0.1, -0.05) is 36.4 Å². The summed E-state index contributed by atoms with van der Waals surface area (Å²) in [7, 11) is 0. The Morgan fingerprint density at radius 2 is 1.82 bits per heavy atom. The van der Waals surface area contributed by atoms with Crippen LogP contribution in [0.4, 0.5) is 0 Å². The second-order valence-electron chi connectivity index (χ2n) is 8.01. The van der Waals surface area contributed by atoms with Crippen molar-refractivity contribution in [1.82, 2.24) is 15.1 Å². The average Bonchev–Trinajstić information content (AvgIpc) is 2.83. The largest absolute Gasteiger partial charge is 0.370 e. The molecule has 1 atom stereocenters. The lowest BCUT2D eigenvalue weighted by molar-refractivity contribution is -0.00834. The summed E-state index contributed by atoms with van der Waals surface area (Å²) in [5.74, 6) is 0.978. The first-order chi connectivity index (χ1) is 15.6. The molecule has 1 unspecified atom stereocenters. The molecule has 1 heterocycles. The van der Waals surface area contributed by atoms with Crippen molar-refractivity contribution in [3.63, 3.8) is 0 Å². The number of benzene rings is 2. The van der Waals surface area contributed by atoms with E-state index in [9.17, 15) is 4.79 Å². The van der Waals surface area contributed by atoms with Gasteiger partial charge in [-0.05, 0) is 56.5 Å². The third kappa shape index (κ3) is 7.17. The molecule has 0 radical (unpaired) electrons. The zero-order valence-corrected chi connectivity index (χ0v) is 22.5. The molecule has 0 bridgehead atoms. The monoisotopic (exact) mass is 564 g/mol. The fourth-order valence-corrected chi connectivity index (χ4v) is 4.02. The first-order valence-electron chi connectivity index (χ1n) is 11.7. The van der Waals surface area contributed by atoms with Gasteiger partial charge in [-0.3, -0.25) is 4.79 Å².